The van der Waals surface area contributed by atoms with Crippen molar-refractivity contribution in [2.24, 2.45) is 10.9 Å². The fraction of sp³-hybridized carbons (Fsp3) is 0.600. The lowest BCUT2D eigenvalue weighted by Crippen LogP contribution is -2.31. The maximum atomic E-state index is 12.4. The van der Waals surface area contributed by atoms with Crippen LogP contribution in [0.4, 0.5) is 0 Å². The Morgan fingerprint density at radius 2 is 2.05 bits per heavy atom. The van der Waals surface area contributed by atoms with Crippen LogP contribution < -0.4 is 5.49 Å². The Hall–Kier alpha value is -1.98. The molecular formula is C15H19N3O3. The monoisotopic (exact) mass is 289 g/mol. The van der Waals surface area contributed by atoms with Gasteiger partial charge < -0.3 is 0 Å². The number of nitrogens with zero attached hydrogens (tertiary/aromatic N) is 3. The van der Waals surface area contributed by atoms with Gasteiger partial charge in [-0.05, 0) is 25.0 Å². The SMILES string of the molecule is O=C([C@@H]1C[C@@H]1[N+](=O)[O-])n1ccccc1=NC1CCCCC1. The van der Waals surface area contributed by atoms with Gasteiger partial charge >= 0.3 is 0 Å². The molecular weight excluding hydrogens is 270 g/mol. The van der Waals surface area contributed by atoms with E-state index in [1.165, 1.54) is 23.8 Å². The minimum Gasteiger partial charge on any atom is -0.273 e. The van der Waals surface area contributed by atoms with E-state index in [4.69, 9.17) is 4.99 Å². The Balaban J connectivity index is 1.84. The number of rotatable bonds is 3. The van der Waals surface area contributed by atoms with Crippen molar-refractivity contribution in [2.75, 3.05) is 0 Å². The van der Waals surface area contributed by atoms with Gasteiger partial charge in [0.15, 0.2) is 0 Å². The summed E-state index contributed by atoms with van der Waals surface area (Å²) in [6.45, 7) is 0. The van der Waals surface area contributed by atoms with Crippen LogP contribution in [0, 0.1) is 16.0 Å². The molecule has 2 aliphatic carbocycles. The van der Waals surface area contributed by atoms with Gasteiger partial charge in [-0.3, -0.25) is 24.5 Å². The summed E-state index contributed by atoms with van der Waals surface area (Å²) in [5, 5.41) is 10.7. The molecule has 3 rings (SSSR count). The first-order chi connectivity index (χ1) is 10.2. The lowest BCUT2D eigenvalue weighted by atomic mass is 9.96. The first kappa shape index (κ1) is 14.0. The van der Waals surface area contributed by atoms with Crippen LogP contribution in [0.1, 0.15) is 43.3 Å². The number of aromatic nitrogens is 1. The molecule has 0 aliphatic heterocycles. The predicted octanol–water partition coefficient (Wildman–Crippen LogP) is 2.03. The van der Waals surface area contributed by atoms with Crippen molar-refractivity contribution in [3.63, 3.8) is 0 Å². The molecule has 6 nitrogen and oxygen atoms in total. The zero-order valence-corrected chi connectivity index (χ0v) is 11.9. The second-order valence-corrected chi connectivity index (χ2v) is 5.88. The average molecular weight is 289 g/mol. The van der Waals surface area contributed by atoms with Crippen LogP contribution in [-0.4, -0.2) is 27.5 Å². The van der Waals surface area contributed by atoms with Gasteiger partial charge in [-0.15, -0.1) is 0 Å². The molecule has 0 N–H and O–H groups in total. The second-order valence-electron chi connectivity index (χ2n) is 5.88. The Kier molecular flexibility index (Phi) is 3.86. The lowest BCUT2D eigenvalue weighted by Gasteiger charge is -2.17. The Morgan fingerprint density at radius 3 is 2.71 bits per heavy atom. The van der Waals surface area contributed by atoms with E-state index in [2.05, 4.69) is 0 Å². The molecule has 1 aromatic heterocycles. The Labute approximate surface area is 122 Å². The van der Waals surface area contributed by atoms with Gasteiger partial charge in [0.2, 0.25) is 11.9 Å². The minimum absolute atomic E-state index is 0.202. The maximum absolute atomic E-state index is 12.4. The molecule has 0 aromatic carbocycles. The largest absolute Gasteiger partial charge is 0.273 e. The predicted molar refractivity (Wildman–Crippen MR) is 76.4 cm³/mol. The van der Waals surface area contributed by atoms with Crippen LogP contribution in [0.25, 0.3) is 0 Å². The normalized spacial score (nSPS) is 26.6. The molecule has 1 heterocycles. The molecule has 0 saturated heterocycles. The summed E-state index contributed by atoms with van der Waals surface area (Å²) >= 11 is 0. The van der Waals surface area contributed by atoms with Gasteiger partial charge in [0.1, 0.15) is 11.4 Å². The van der Waals surface area contributed by atoms with Crippen LogP contribution in [0.2, 0.25) is 0 Å². The molecule has 2 aliphatic rings. The first-order valence-electron chi connectivity index (χ1n) is 7.56. The number of carbonyl (C=O) groups excluding carboxylic acids is 1. The third-order valence-corrected chi connectivity index (χ3v) is 4.31. The molecule has 112 valence electrons. The molecule has 0 amide bonds. The van der Waals surface area contributed by atoms with Gasteiger partial charge in [0.25, 0.3) is 0 Å². The molecule has 1 aromatic rings. The van der Waals surface area contributed by atoms with Crippen LogP contribution in [-0.2, 0) is 0 Å². The van der Waals surface area contributed by atoms with Crippen LogP contribution in [0.3, 0.4) is 0 Å². The number of nitro groups is 1. The van der Waals surface area contributed by atoms with Crippen molar-refractivity contribution >= 4 is 5.91 Å². The van der Waals surface area contributed by atoms with Crippen molar-refractivity contribution in [3.8, 4) is 0 Å². The Bertz CT molecular complexity index is 617. The third kappa shape index (κ3) is 3.04. The summed E-state index contributed by atoms with van der Waals surface area (Å²) < 4.78 is 1.49. The maximum Gasteiger partial charge on any atom is 0.242 e. The quantitative estimate of drug-likeness (QED) is 0.631. The fourth-order valence-corrected chi connectivity index (χ4v) is 2.98. The highest BCUT2D eigenvalue weighted by Crippen LogP contribution is 2.34. The molecule has 2 fully saturated rings. The summed E-state index contributed by atoms with van der Waals surface area (Å²) in [7, 11) is 0. The number of hydrogen-bond acceptors (Lipinski definition) is 4. The van der Waals surface area contributed by atoms with E-state index in [9.17, 15) is 14.9 Å². The number of hydrogen-bond donors (Lipinski definition) is 0. The summed E-state index contributed by atoms with van der Waals surface area (Å²) in [4.78, 5) is 27.4. The van der Waals surface area contributed by atoms with Gasteiger partial charge in [-0.1, -0.05) is 25.3 Å². The van der Waals surface area contributed by atoms with Crippen molar-refractivity contribution in [1.29, 1.82) is 0 Å². The lowest BCUT2D eigenvalue weighted by molar-refractivity contribution is -0.497. The molecule has 2 atom stereocenters. The summed E-state index contributed by atoms with van der Waals surface area (Å²) in [6, 6.07) is 4.99. The van der Waals surface area contributed by atoms with Gasteiger partial charge in [0, 0.05) is 17.5 Å². The molecule has 0 radical (unpaired) electrons. The van der Waals surface area contributed by atoms with Crippen molar-refractivity contribution in [2.45, 2.75) is 50.6 Å². The van der Waals surface area contributed by atoms with Crippen molar-refractivity contribution in [3.05, 3.63) is 40.0 Å². The number of carbonyl (C=O) groups is 1. The topological polar surface area (TPSA) is 77.5 Å². The fourth-order valence-electron chi connectivity index (χ4n) is 2.98. The van der Waals surface area contributed by atoms with Gasteiger partial charge in [-0.2, -0.15) is 0 Å². The average Bonchev–Trinajstić information content (AvgIpc) is 3.29. The van der Waals surface area contributed by atoms with E-state index < -0.39 is 12.0 Å². The molecule has 0 unspecified atom stereocenters. The first-order valence-corrected chi connectivity index (χ1v) is 7.56. The van der Waals surface area contributed by atoms with Crippen LogP contribution in [0.15, 0.2) is 29.4 Å². The van der Waals surface area contributed by atoms with E-state index in [-0.39, 0.29) is 16.9 Å². The molecule has 0 spiro atoms. The highest BCUT2D eigenvalue weighted by Gasteiger charge is 2.53. The third-order valence-electron chi connectivity index (χ3n) is 4.31. The van der Waals surface area contributed by atoms with Crippen LogP contribution >= 0.6 is 0 Å². The summed E-state index contributed by atoms with van der Waals surface area (Å²) in [5.74, 6) is -0.695. The number of pyridine rings is 1. The Morgan fingerprint density at radius 1 is 1.29 bits per heavy atom. The van der Waals surface area contributed by atoms with E-state index in [0.29, 0.717) is 11.9 Å². The molecule has 21 heavy (non-hydrogen) atoms. The van der Waals surface area contributed by atoms with E-state index in [1.807, 2.05) is 12.1 Å². The smallest absolute Gasteiger partial charge is 0.242 e. The van der Waals surface area contributed by atoms with Crippen molar-refractivity contribution < 1.29 is 9.72 Å². The van der Waals surface area contributed by atoms with Crippen molar-refractivity contribution in [1.82, 2.24) is 4.57 Å². The standard InChI is InChI=1S/C15H19N3O3/c19-15(12-10-13(12)18(20)21)17-9-5-4-8-14(17)16-11-6-2-1-3-7-11/h4-5,8-9,11-13H,1-3,6-7,10H2/t12-,13+/m1/s1. The minimum atomic E-state index is -0.715. The molecule has 6 heteroatoms. The molecule has 2 saturated carbocycles. The zero-order chi connectivity index (χ0) is 14.8. The molecule has 0 bridgehead atoms. The summed E-state index contributed by atoms with van der Waals surface area (Å²) in [6.07, 6.45) is 7.75. The highest BCUT2D eigenvalue weighted by atomic mass is 16.6. The van der Waals surface area contributed by atoms with Gasteiger partial charge in [0.05, 0.1) is 6.04 Å². The van der Waals surface area contributed by atoms with E-state index in [1.54, 1.807) is 12.3 Å². The van der Waals surface area contributed by atoms with Crippen LogP contribution in [0.5, 0.6) is 0 Å². The van der Waals surface area contributed by atoms with E-state index in [0.717, 1.165) is 12.8 Å². The second kappa shape index (κ2) is 5.79. The highest BCUT2D eigenvalue weighted by molar-refractivity contribution is 5.84. The summed E-state index contributed by atoms with van der Waals surface area (Å²) in [5.41, 5.74) is 0.628. The van der Waals surface area contributed by atoms with Gasteiger partial charge in [-0.25, -0.2) is 0 Å². The van der Waals surface area contributed by atoms with E-state index >= 15 is 0 Å². The zero-order valence-electron chi connectivity index (χ0n) is 11.9.